The van der Waals surface area contributed by atoms with E-state index < -0.39 is 10.8 Å². The van der Waals surface area contributed by atoms with Gasteiger partial charge in [-0.2, -0.15) is 11.3 Å². The van der Waals surface area contributed by atoms with Crippen molar-refractivity contribution in [3.8, 4) is 0 Å². The number of carbonyl (C=O) groups is 1. The van der Waals surface area contributed by atoms with E-state index in [1.165, 1.54) is 5.56 Å². The first-order chi connectivity index (χ1) is 8.39. The van der Waals surface area contributed by atoms with Gasteiger partial charge in [0.05, 0.1) is 0 Å². The summed E-state index contributed by atoms with van der Waals surface area (Å²) in [5.41, 5.74) is 1.20. The molecular formula is C13H21NO2S2. The van der Waals surface area contributed by atoms with Crippen molar-refractivity contribution in [1.29, 1.82) is 0 Å². The Morgan fingerprint density at radius 1 is 1.44 bits per heavy atom. The van der Waals surface area contributed by atoms with E-state index in [2.05, 4.69) is 10.7 Å². The van der Waals surface area contributed by atoms with Crippen molar-refractivity contribution in [2.45, 2.75) is 38.4 Å². The molecular weight excluding hydrogens is 266 g/mol. The lowest BCUT2D eigenvalue weighted by molar-refractivity contribution is -0.120. The van der Waals surface area contributed by atoms with Crippen molar-refractivity contribution in [3.05, 3.63) is 22.4 Å². The van der Waals surface area contributed by atoms with Crippen LogP contribution in [0.25, 0.3) is 0 Å². The number of thiophene rings is 1. The summed E-state index contributed by atoms with van der Waals surface area (Å²) in [7, 11) is -0.900. The molecule has 1 atom stereocenters. The molecule has 0 aliphatic heterocycles. The molecule has 0 fully saturated rings. The lowest BCUT2D eigenvalue weighted by Gasteiger charge is -2.17. The predicted molar refractivity (Wildman–Crippen MR) is 78.4 cm³/mol. The Morgan fingerprint density at radius 3 is 2.72 bits per heavy atom. The predicted octanol–water partition coefficient (Wildman–Crippen LogP) is 2.34. The second-order valence-electron chi connectivity index (χ2n) is 5.14. The molecule has 0 saturated carbocycles. The molecule has 1 amide bonds. The molecule has 5 heteroatoms. The summed E-state index contributed by atoms with van der Waals surface area (Å²) in [4.78, 5) is 11.6. The van der Waals surface area contributed by atoms with Gasteiger partial charge in [0.1, 0.15) is 0 Å². The molecule has 0 aliphatic carbocycles. The lowest BCUT2D eigenvalue weighted by Crippen LogP contribution is -2.32. The van der Waals surface area contributed by atoms with E-state index in [4.69, 9.17) is 0 Å². The number of nitrogens with one attached hydrogen (secondary N) is 1. The molecule has 1 heterocycles. The zero-order valence-electron chi connectivity index (χ0n) is 11.2. The maximum atomic E-state index is 11.8. The summed E-state index contributed by atoms with van der Waals surface area (Å²) in [5, 5.41) is 6.89. The number of hydrogen-bond donors (Lipinski definition) is 1. The first-order valence-corrected chi connectivity index (χ1v) is 8.32. The quantitative estimate of drug-likeness (QED) is 0.873. The van der Waals surface area contributed by atoms with Crippen LogP contribution in [0.15, 0.2) is 16.8 Å². The average Bonchev–Trinajstić information content (AvgIpc) is 2.77. The maximum absolute atomic E-state index is 11.8. The number of aryl methyl sites for hydroxylation is 1. The fraction of sp³-hybridized carbons (Fsp3) is 0.615. The standard InChI is InChI=1S/C13H21NO2S2/c1-13(2,3)18(16)9-7-14-12(15)5-4-11-6-8-17-10-11/h6,8,10H,4-5,7,9H2,1-3H3,(H,14,15)/t18-/m0/s1. The van der Waals surface area contributed by atoms with Crippen molar-refractivity contribution < 1.29 is 9.00 Å². The number of hydrogen-bond acceptors (Lipinski definition) is 3. The van der Waals surface area contributed by atoms with E-state index in [-0.39, 0.29) is 10.7 Å². The Labute approximate surface area is 115 Å². The summed E-state index contributed by atoms with van der Waals surface area (Å²) in [6.45, 7) is 6.33. The minimum absolute atomic E-state index is 0.0344. The van der Waals surface area contributed by atoms with Crippen LogP contribution in [0.2, 0.25) is 0 Å². The molecule has 0 unspecified atom stereocenters. The summed E-state index contributed by atoms with van der Waals surface area (Å²) in [6, 6.07) is 2.03. The van der Waals surface area contributed by atoms with E-state index in [1.54, 1.807) is 11.3 Å². The minimum atomic E-state index is -0.900. The SMILES string of the molecule is CC(C)(C)[S@@](=O)CCNC(=O)CCc1ccsc1. The highest BCUT2D eigenvalue weighted by Crippen LogP contribution is 2.10. The molecule has 0 aromatic carbocycles. The van der Waals surface area contributed by atoms with Gasteiger partial charge in [0.2, 0.25) is 5.91 Å². The van der Waals surface area contributed by atoms with Gasteiger partial charge in [-0.25, -0.2) is 0 Å². The lowest BCUT2D eigenvalue weighted by atomic mass is 10.2. The van der Waals surface area contributed by atoms with Gasteiger partial charge in [-0.05, 0) is 49.6 Å². The highest BCUT2D eigenvalue weighted by Gasteiger charge is 2.18. The van der Waals surface area contributed by atoms with Crippen molar-refractivity contribution >= 4 is 28.0 Å². The van der Waals surface area contributed by atoms with Crippen LogP contribution >= 0.6 is 11.3 Å². The topological polar surface area (TPSA) is 46.2 Å². The van der Waals surface area contributed by atoms with Crippen molar-refractivity contribution in [3.63, 3.8) is 0 Å². The second-order valence-corrected chi connectivity index (χ2v) is 8.25. The number of rotatable bonds is 6. The van der Waals surface area contributed by atoms with Gasteiger partial charge >= 0.3 is 0 Å². The van der Waals surface area contributed by atoms with Crippen molar-refractivity contribution in [2.75, 3.05) is 12.3 Å². The van der Waals surface area contributed by atoms with Gasteiger partial charge in [0, 0.05) is 34.3 Å². The fourth-order valence-corrected chi connectivity index (χ4v) is 2.97. The normalized spacial score (nSPS) is 13.3. The smallest absolute Gasteiger partial charge is 0.220 e. The summed E-state index contributed by atoms with van der Waals surface area (Å²) < 4.78 is 11.5. The van der Waals surface area contributed by atoms with Crippen LogP contribution in [0.3, 0.4) is 0 Å². The van der Waals surface area contributed by atoms with Gasteiger partial charge in [0.25, 0.3) is 0 Å². The first kappa shape index (κ1) is 15.4. The number of carbonyl (C=O) groups excluding carboxylic acids is 1. The molecule has 1 aromatic heterocycles. The molecule has 18 heavy (non-hydrogen) atoms. The molecule has 0 aliphatic rings. The molecule has 102 valence electrons. The first-order valence-electron chi connectivity index (χ1n) is 6.06. The maximum Gasteiger partial charge on any atom is 0.220 e. The summed E-state index contributed by atoms with van der Waals surface area (Å²) >= 11 is 1.64. The van der Waals surface area contributed by atoms with Crippen LogP contribution in [-0.4, -0.2) is 27.2 Å². The van der Waals surface area contributed by atoms with Crippen LogP contribution < -0.4 is 5.32 Å². The molecule has 0 bridgehead atoms. The van der Waals surface area contributed by atoms with E-state index in [0.29, 0.717) is 18.7 Å². The van der Waals surface area contributed by atoms with Crippen LogP contribution in [-0.2, 0) is 22.0 Å². The van der Waals surface area contributed by atoms with Gasteiger partial charge in [-0.1, -0.05) is 0 Å². The monoisotopic (exact) mass is 287 g/mol. The van der Waals surface area contributed by atoms with Crippen LogP contribution in [0.4, 0.5) is 0 Å². The molecule has 0 saturated heterocycles. The van der Waals surface area contributed by atoms with E-state index in [1.807, 2.05) is 32.2 Å². The fourth-order valence-electron chi connectivity index (χ4n) is 1.37. The third-order valence-electron chi connectivity index (χ3n) is 2.51. The molecule has 1 rings (SSSR count). The summed E-state index contributed by atoms with van der Waals surface area (Å²) in [6.07, 6.45) is 1.27. The zero-order chi connectivity index (χ0) is 13.6. The molecule has 3 nitrogen and oxygen atoms in total. The van der Waals surface area contributed by atoms with E-state index >= 15 is 0 Å². The Bertz CT molecular complexity index is 394. The largest absolute Gasteiger partial charge is 0.355 e. The highest BCUT2D eigenvalue weighted by molar-refractivity contribution is 7.86. The Kier molecular flexibility index (Phi) is 6.02. The van der Waals surface area contributed by atoms with Crippen molar-refractivity contribution in [1.82, 2.24) is 5.32 Å². The average molecular weight is 287 g/mol. The van der Waals surface area contributed by atoms with Crippen LogP contribution in [0, 0.1) is 0 Å². The molecule has 1 N–H and O–H groups in total. The molecule has 1 aromatic rings. The third-order valence-corrected chi connectivity index (χ3v) is 5.19. The van der Waals surface area contributed by atoms with Crippen molar-refractivity contribution in [2.24, 2.45) is 0 Å². The van der Waals surface area contributed by atoms with Crippen LogP contribution in [0.5, 0.6) is 0 Å². The van der Waals surface area contributed by atoms with E-state index in [9.17, 15) is 9.00 Å². The highest BCUT2D eigenvalue weighted by atomic mass is 32.2. The summed E-state index contributed by atoms with van der Waals surface area (Å²) in [5.74, 6) is 0.556. The molecule has 0 spiro atoms. The minimum Gasteiger partial charge on any atom is -0.355 e. The van der Waals surface area contributed by atoms with Gasteiger partial charge < -0.3 is 5.32 Å². The Morgan fingerprint density at radius 2 is 2.17 bits per heavy atom. The third kappa shape index (κ3) is 5.78. The van der Waals surface area contributed by atoms with Gasteiger partial charge in [-0.15, -0.1) is 0 Å². The second kappa shape index (κ2) is 7.04. The van der Waals surface area contributed by atoms with Gasteiger partial charge in [0.15, 0.2) is 0 Å². The number of amides is 1. The Balaban J connectivity index is 2.16. The van der Waals surface area contributed by atoms with E-state index in [0.717, 1.165) is 6.42 Å². The zero-order valence-corrected chi connectivity index (χ0v) is 12.8. The van der Waals surface area contributed by atoms with Crippen LogP contribution in [0.1, 0.15) is 32.8 Å². The van der Waals surface area contributed by atoms with Gasteiger partial charge in [-0.3, -0.25) is 9.00 Å². The molecule has 0 radical (unpaired) electrons. The Hall–Kier alpha value is -0.680.